The SMILES string of the molecule is C=CCN(C)C(=O)[C@H]1[C@H]2C(=O)N([C@H](CO)c3ccccc3)C(C(=O)N(CC=C)CCCC)C23CC(Br)[C@@H]1O3. The van der Waals surface area contributed by atoms with Gasteiger partial charge in [-0.25, -0.2) is 0 Å². The highest BCUT2D eigenvalue weighted by molar-refractivity contribution is 9.09. The minimum atomic E-state index is -1.18. The molecule has 3 amide bonds. The third-order valence-electron chi connectivity index (χ3n) is 8.16. The number of carbonyl (C=O) groups excluding carboxylic acids is 3. The van der Waals surface area contributed by atoms with Crippen molar-refractivity contribution in [2.75, 3.05) is 33.3 Å². The van der Waals surface area contributed by atoms with Gasteiger partial charge in [-0.2, -0.15) is 0 Å². The molecule has 0 aliphatic carbocycles. The Kier molecular flexibility index (Phi) is 8.79. The number of carbonyl (C=O) groups is 3. The summed E-state index contributed by atoms with van der Waals surface area (Å²) >= 11 is 3.71. The van der Waals surface area contributed by atoms with E-state index < -0.39 is 35.6 Å². The van der Waals surface area contributed by atoms with Crippen LogP contribution in [0.3, 0.4) is 0 Å². The molecule has 0 saturated carbocycles. The quantitative estimate of drug-likeness (QED) is 0.300. The predicted molar refractivity (Wildman–Crippen MR) is 148 cm³/mol. The lowest BCUT2D eigenvalue weighted by Gasteiger charge is -2.39. The maximum atomic E-state index is 14.4. The van der Waals surface area contributed by atoms with E-state index in [2.05, 4.69) is 36.0 Å². The number of likely N-dealkylation sites (N-methyl/N-ethyl adjacent to an activating group) is 1. The molecular weight excluding hydrogens is 550 g/mol. The molecule has 3 heterocycles. The van der Waals surface area contributed by atoms with Crippen LogP contribution in [-0.4, -0.2) is 93.4 Å². The molecule has 0 radical (unpaired) electrons. The molecule has 1 spiro atoms. The first-order valence-electron chi connectivity index (χ1n) is 13.3. The van der Waals surface area contributed by atoms with E-state index in [1.165, 1.54) is 4.90 Å². The summed E-state index contributed by atoms with van der Waals surface area (Å²) in [5.74, 6) is -2.35. The first-order valence-corrected chi connectivity index (χ1v) is 14.2. The summed E-state index contributed by atoms with van der Waals surface area (Å²) in [6.45, 7) is 10.4. The fourth-order valence-electron chi connectivity index (χ4n) is 6.50. The lowest BCUT2D eigenvalue weighted by molar-refractivity contribution is -0.151. The van der Waals surface area contributed by atoms with Gasteiger partial charge in [0.15, 0.2) is 0 Å². The number of nitrogens with zero attached hydrogens (tertiary/aromatic N) is 3. The van der Waals surface area contributed by atoms with Gasteiger partial charge in [-0.15, -0.1) is 13.2 Å². The number of fused-ring (bicyclic) bond motifs is 1. The molecule has 2 bridgehead atoms. The predicted octanol–water partition coefficient (Wildman–Crippen LogP) is 2.93. The fourth-order valence-corrected chi connectivity index (χ4v) is 7.44. The smallest absolute Gasteiger partial charge is 0.248 e. The van der Waals surface area contributed by atoms with Crippen LogP contribution in [0.25, 0.3) is 0 Å². The first kappa shape index (κ1) is 28.5. The highest BCUT2D eigenvalue weighted by atomic mass is 79.9. The van der Waals surface area contributed by atoms with Gasteiger partial charge in [-0.05, 0) is 18.4 Å². The summed E-state index contributed by atoms with van der Waals surface area (Å²) in [5, 5.41) is 10.6. The Balaban J connectivity index is 1.84. The Morgan fingerprint density at radius 1 is 1.24 bits per heavy atom. The number of amides is 3. The first-order chi connectivity index (χ1) is 18.3. The van der Waals surface area contributed by atoms with Gasteiger partial charge in [0.1, 0.15) is 11.6 Å². The second-order valence-corrected chi connectivity index (χ2v) is 11.6. The number of hydrogen-bond donors (Lipinski definition) is 1. The minimum absolute atomic E-state index is 0.194. The highest BCUT2D eigenvalue weighted by Gasteiger charge is 2.77. The molecule has 4 rings (SSSR count). The van der Waals surface area contributed by atoms with Crippen LogP contribution in [0, 0.1) is 11.8 Å². The average Bonchev–Trinajstić information content (AvgIpc) is 3.50. The van der Waals surface area contributed by atoms with Crippen molar-refractivity contribution in [1.82, 2.24) is 14.7 Å². The van der Waals surface area contributed by atoms with Crippen LogP contribution in [0.1, 0.15) is 37.8 Å². The molecular formula is C29H38BrN3O5. The number of halogens is 1. The average molecular weight is 589 g/mol. The Hall–Kier alpha value is -2.49. The van der Waals surface area contributed by atoms with Crippen LogP contribution in [0.15, 0.2) is 55.6 Å². The van der Waals surface area contributed by atoms with Crippen molar-refractivity contribution in [3.63, 3.8) is 0 Å². The van der Waals surface area contributed by atoms with Gasteiger partial charge in [-0.3, -0.25) is 14.4 Å². The second-order valence-electron chi connectivity index (χ2n) is 10.5. The van der Waals surface area contributed by atoms with E-state index in [0.29, 0.717) is 26.1 Å². The molecule has 1 aromatic carbocycles. The summed E-state index contributed by atoms with van der Waals surface area (Å²) in [5.41, 5.74) is -0.464. The van der Waals surface area contributed by atoms with Gasteiger partial charge in [0.25, 0.3) is 0 Å². The molecule has 38 heavy (non-hydrogen) atoms. The van der Waals surface area contributed by atoms with E-state index in [0.717, 1.165) is 18.4 Å². The Morgan fingerprint density at radius 2 is 1.92 bits per heavy atom. The molecule has 3 saturated heterocycles. The normalized spacial score (nSPS) is 30.2. The Labute approximate surface area is 233 Å². The summed E-state index contributed by atoms with van der Waals surface area (Å²) < 4.78 is 6.62. The topological polar surface area (TPSA) is 90.4 Å². The molecule has 3 aliphatic heterocycles. The number of aliphatic hydroxyl groups is 1. The molecule has 206 valence electrons. The number of likely N-dealkylation sites (tertiary alicyclic amines) is 1. The standard InChI is InChI=1S/C29H38BrN3O5/c1-5-8-16-32(15-7-3)28(37)25-29-17-20(30)24(38-29)22(26(35)31(4)14-6-2)23(29)27(36)33(25)21(18-34)19-12-10-9-11-13-19/h6-7,9-13,20-25,34H,2-3,5,8,14-18H2,1,4H3/t20?,21-,22+,23+,24+,25?,29?/m1/s1. The zero-order valence-corrected chi connectivity index (χ0v) is 23.8. The lowest BCUT2D eigenvalue weighted by atomic mass is 9.70. The van der Waals surface area contributed by atoms with Gasteiger partial charge in [-0.1, -0.05) is 71.8 Å². The fraction of sp³-hybridized carbons (Fsp3) is 0.552. The van der Waals surface area contributed by atoms with Crippen molar-refractivity contribution >= 4 is 33.7 Å². The molecule has 8 nitrogen and oxygen atoms in total. The number of rotatable bonds is 12. The lowest BCUT2D eigenvalue weighted by Crippen LogP contribution is -2.57. The largest absolute Gasteiger partial charge is 0.394 e. The number of unbranched alkanes of at least 4 members (excludes halogenated alkanes) is 1. The van der Waals surface area contributed by atoms with Crippen LogP contribution in [0.2, 0.25) is 0 Å². The summed E-state index contributed by atoms with van der Waals surface area (Å²) in [7, 11) is 1.68. The summed E-state index contributed by atoms with van der Waals surface area (Å²) in [6.07, 6.45) is 4.91. The summed E-state index contributed by atoms with van der Waals surface area (Å²) in [4.78, 5) is 47.0. The molecule has 1 N–H and O–H groups in total. The molecule has 1 aromatic rings. The Morgan fingerprint density at radius 3 is 2.53 bits per heavy atom. The van der Waals surface area contributed by atoms with Crippen LogP contribution >= 0.6 is 15.9 Å². The van der Waals surface area contributed by atoms with Gasteiger partial charge >= 0.3 is 0 Å². The van der Waals surface area contributed by atoms with Crippen molar-refractivity contribution in [3.05, 3.63) is 61.2 Å². The molecule has 3 unspecified atom stereocenters. The molecule has 3 fully saturated rings. The summed E-state index contributed by atoms with van der Waals surface area (Å²) in [6, 6.07) is 7.48. The van der Waals surface area contributed by atoms with Gasteiger partial charge in [0, 0.05) is 31.5 Å². The molecule has 0 aromatic heterocycles. The van der Waals surface area contributed by atoms with E-state index in [1.54, 1.807) is 29.0 Å². The van der Waals surface area contributed by atoms with Crippen molar-refractivity contribution in [3.8, 4) is 0 Å². The highest BCUT2D eigenvalue weighted by Crippen LogP contribution is 2.61. The van der Waals surface area contributed by atoms with Crippen molar-refractivity contribution in [2.45, 2.75) is 54.8 Å². The molecule has 7 atom stereocenters. The van der Waals surface area contributed by atoms with E-state index in [1.807, 2.05) is 30.3 Å². The minimum Gasteiger partial charge on any atom is -0.394 e. The van der Waals surface area contributed by atoms with Crippen LogP contribution in [-0.2, 0) is 19.1 Å². The zero-order chi connectivity index (χ0) is 27.6. The third kappa shape index (κ3) is 4.62. The van der Waals surface area contributed by atoms with Crippen LogP contribution in [0.5, 0.6) is 0 Å². The van der Waals surface area contributed by atoms with Crippen LogP contribution < -0.4 is 0 Å². The van der Waals surface area contributed by atoms with E-state index in [9.17, 15) is 19.5 Å². The Bertz CT molecular complexity index is 1070. The van der Waals surface area contributed by atoms with Gasteiger partial charge in [0.05, 0.1) is 30.6 Å². The van der Waals surface area contributed by atoms with Crippen molar-refractivity contribution in [2.24, 2.45) is 11.8 Å². The van der Waals surface area contributed by atoms with Crippen molar-refractivity contribution in [1.29, 1.82) is 0 Å². The monoisotopic (exact) mass is 587 g/mol. The van der Waals surface area contributed by atoms with Gasteiger partial charge in [0.2, 0.25) is 17.7 Å². The number of hydrogen-bond acceptors (Lipinski definition) is 5. The third-order valence-corrected chi connectivity index (χ3v) is 9.01. The van der Waals surface area contributed by atoms with E-state index in [-0.39, 0.29) is 29.2 Å². The number of benzene rings is 1. The number of ether oxygens (including phenoxy) is 1. The zero-order valence-electron chi connectivity index (χ0n) is 22.2. The van der Waals surface area contributed by atoms with E-state index >= 15 is 0 Å². The molecule has 3 aliphatic rings. The maximum Gasteiger partial charge on any atom is 0.248 e. The second kappa shape index (κ2) is 11.7. The van der Waals surface area contributed by atoms with Crippen molar-refractivity contribution < 1.29 is 24.2 Å². The van der Waals surface area contributed by atoms with Crippen LogP contribution in [0.4, 0.5) is 0 Å². The molecule has 9 heteroatoms. The number of alkyl halides is 1. The van der Waals surface area contributed by atoms with E-state index in [4.69, 9.17) is 4.74 Å². The maximum absolute atomic E-state index is 14.4. The number of aliphatic hydroxyl groups excluding tert-OH is 1. The van der Waals surface area contributed by atoms with Gasteiger partial charge < -0.3 is 24.5 Å².